The average Bonchev–Trinajstić information content (AvgIpc) is 2.62. The highest BCUT2D eigenvalue weighted by Gasteiger charge is 2.07. The molecule has 6 heteroatoms. The molecular formula is C19H19N3O3. The van der Waals surface area contributed by atoms with E-state index in [1.807, 2.05) is 38.1 Å². The molecule has 0 bridgehead atoms. The van der Waals surface area contributed by atoms with Crippen LogP contribution in [0.25, 0.3) is 10.9 Å². The monoisotopic (exact) mass is 337 g/mol. The van der Waals surface area contributed by atoms with Crippen LogP contribution in [0.15, 0.2) is 63.2 Å². The van der Waals surface area contributed by atoms with E-state index in [9.17, 15) is 9.59 Å². The predicted octanol–water partition coefficient (Wildman–Crippen LogP) is 2.75. The zero-order valence-corrected chi connectivity index (χ0v) is 14.1. The third kappa shape index (κ3) is 3.52. The molecule has 1 heterocycles. The van der Waals surface area contributed by atoms with Crippen LogP contribution in [0.1, 0.15) is 25.8 Å². The zero-order valence-electron chi connectivity index (χ0n) is 14.1. The quantitative estimate of drug-likeness (QED) is 0.727. The van der Waals surface area contributed by atoms with Crippen molar-refractivity contribution < 1.29 is 4.74 Å². The number of rotatable bonds is 5. The molecule has 25 heavy (non-hydrogen) atoms. The maximum absolute atomic E-state index is 12.5. The van der Waals surface area contributed by atoms with Gasteiger partial charge in [0, 0.05) is 5.56 Å². The third-order valence-corrected chi connectivity index (χ3v) is 3.92. The summed E-state index contributed by atoms with van der Waals surface area (Å²) in [5, 5.41) is 4.48. The first-order valence-electron chi connectivity index (χ1n) is 8.14. The number of aromatic nitrogens is 2. The Bertz CT molecular complexity index is 1030. The molecule has 0 aliphatic rings. The highest BCUT2D eigenvalue weighted by Crippen LogP contribution is 2.18. The molecular weight excluding hydrogens is 318 g/mol. The Morgan fingerprint density at radius 3 is 2.68 bits per heavy atom. The second-order valence-electron chi connectivity index (χ2n) is 5.71. The largest absolute Gasteiger partial charge is 0.490 e. The van der Waals surface area contributed by atoms with Gasteiger partial charge in [-0.25, -0.2) is 4.79 Å². The molecule has 0 radical (unpaired) electrons. The molecule has 1 aromatic heterocycles. The minimum Gasteiger partial charge on any atom is -0.490 e. The van der Waals surface area contributed by atoms with Gasteiger partial charge in [-0.05, 0) is 37.6 Å². The Labute approximate surface area is 144 Å². The van der Waals surface area contributed by atoms with Gasteiger partial charge in [-0.2, -0.15) is 5.10 Å². The summed E-state index contributed by atoms with van der Waals surface area (Å²) in [5.74, 6) is 0.658. The van der Waals surface area contributed by atoms with Crippen LogP contribution in [-0.4, -0.2) is 22.0 Å². The number of hydrogen-bond acceptors (Lipinski definition) is 4. The SMILES string of the molecule is CC[C@@H](C)Oc1ccccc1C=Nn1c(=O)[nH]c2ccccc2c1=O. The van der Waals surface area contributed by atoms with E-state index < -0.39 is 11.2 Å². The zero-order chi connectivity index (χ0) is 17.8. The van der Waals surface area contributed by atoms with Crippen LogP contribution in [0.4, 0.5) is 0 Å². The van der Waals surface area contributed by atoms with Gasteiger partial charge in [0.1, 0.15) is 5.75 Å². The molecule has 3 aromatic rings. The van der Waals surface area contributed by atoms with Gasteiger partial charge in [0.2, 0.25) is 0 Å². The molecule has 0 unspecified atom stereocenters. The first-order valence-corrected chi connectivity index (χ1v) is 8.14. The molecule has 2 aromatic carbocycles. The Kier molecular flexibility index (Phi) is 4.79. The van der Waals surface area contributed by atoms with Crippen molar-refractivity contribution in [3.63, 3.8) is 0 Å². The van der Waals surface area contributed by atoms with Crippen LogP contribution in [0, 0.1) is 0 Å². The summed E-state index contributed by atoms with van der Waals surface area (Å²) in [5.41, 5.74) is 0.142. The molecule has 0 aliphatic carbocycles. The molecule has 6 nitrogen and oxygen atoms in total. The van der Waals surface area contributed by atoms with Gasteiger partial charge in [0.15, 0.2) is 0 Å². The van der Waals surface area contributed by atoms with Crippen molar-refractivity contribution in [2.75, 3.05) is 0 Å². The predicted molar refractivity (Wildman–Crippen MR) is 98.6 cm³/mol. The molecule has 0 saturated carbocycles. The third-order valence-electron chi connectivity index (χ3n) is 3.92. The summed E-state index contributed by atoms with van der Waals surface area (Å²) in [6.07, 6.45) is 2.39. The van der Waals surface area contributed by atoms with Crippen LogP contribution in [-0.2, 0) is 0 Å². The van der Waals surface area contributed by atoms with Gasteiger partial charge in [0.25, 0.3) is 5.56 Å². The Morgan fingerprint density at radius 1 is 1.16 bits per heavy atom. The van der Waals surface area contributed by atoms with Crippen LogP contribution < -0.4 is 16.0 Å². The summed E-state index contributed by atoms with van der Waals surface area (Å²) in [6.45, 7) is 4.02. The van der Waals surface area contributed by atoms with E-state index in [4.69, 9.17) is 4.74 Å². The number of aromatic amines is 1. The number of nitrogens with zero attached hydrogens (tertiary/aromatic N) is 2. The smallest absolute Gasteiger partial charge is 0.349 e. The minimum absolute atomic E-state index is 0.0568. The van der Waals surface area contributed by atoms with E-state index in [-0.39, 0.29) is 6.10 Å². The maximum Gasteiger partial charge on any atom is 0.349 e. The lowest BCUT2D eigenvalue weighted by Crippen LogP contribution is -2.32. The minimum atomic E-state index is -0.583. The van der Waals surface area contributed by atoms with E-state index in [0.717, 1.165) is 11.1 Å². The number of fused-ring (bicyclic) bond motifs is 1. The van der Waals surface area contributed by atoms with E-state index >= 15 is 0 Å². The lowest BCUT2D eigenvalue weighted by molar-refractivity contribution is 0.217. The van der Waals surface area contributed by atoms with E-state index in [1.165, 1.54) is 6.21 Å². The van der Waals surface area contributed by atoms with Gasteiger partial charge >= 0.3 is 5.69 Å². The number of hydrogen-bond donors (Lipinski definition) is 1. The molecule has 0 fully saturated rings. The summed E-state index contributed by atoms with van der Waals surface area (Å²) >= 11 is 0. The summed E-state index contributed by atoms with van der Waals surface area (Å²) < 4.78 is 6.67. The van der Waals surface area contributed by atoms with Crippen molar-refractivity contribution in [2.45, 2.75) is 26.4 Å². The molecule has 0 spiro atoms. The average molecular weight is 337 g/mol. The fourth-order valence-electron chi connectivity index (χ4n) is 2.37. The van der Waals surface area contributed by atoms with Crippen molar-refractivity contribution in [2.24, 2.45) is 5.10 Å². The number of benzene rings is 2. The first kappa shape index (κ1) is 16.7. The number of ether oxygens (including phenoxy) is 1. The lowest BCUT2D eigenvalue weighted by atomic mass is 10.2. The molecule has 0 aliphatic heterocycles. The molecule has 128 valence electrons. The van der Waals surface area contributed by atoms with Crippen LogP contribution >= 0.6 is 0 Å². The Balaban J connectivity index is 2.03. The second-order valence-corrected chi connectivity index (χ2v) is 5.71. The highest BCUT2D eigenvalue weighted by atomic mass is 16.5. The standard InChI is InChI=1S/C19H19N3O3/c1-3-13(2)25-17-11-7-4-8-14(17)12-20-22-18(23)15-9-5-6-10-16(15)21-19(22)24/h4-13H,3H2,1-2H3,(H,21,24)/t13-/m1/s1. The topological polar surface area (TPSA) is 76.5 Å². The first-order chi connectivity index (χ1) is 12.1. The Morgan fingerprint density at radius 2 is 1.88 bits per heavy atom. The second kappa shape index (κ2) is 7.17. The summed E-state index contributed by atoms with van der Waals surface area (Å²) in [4.78, 5) is 27.3. The van der Waals surface area contributed by atoms with Crippen LogP contribution in [0.5, 0.6) is 5.75 Å². The molecule has 0 amide bonds. The number of nitrogens with one attached hydrogen (secondary N) is 1. The maximum atomic E-state index is 12.5. The number of para-hydroxylation sites is 2. The summed E-state index contributed by atoms with van der Waals surface area (Å²) in [7, 11) is 0. The van der Waals surface area contributed by atoms with E-state index in [0.29, 0.717) is 22.2 Å². The van der Waals surface area contributed by atoms with Crippen molar-refractivity contribution in [1.29, 1.82) is 0 Å². The van der Waals surface area contributed by atoms with Crippen molar-refractivity contribution in [3.8, 4) is 5.75 Å². The van der Waals surface area contributed by atoms with Gasteiger partial charge in [-0.1, -0.05) is 31.2 Å². The molecule has 0 saturated heterocycles. The fraction of sp³-hybridized carbons (Fsp3) is 0.211. The molecule has 3 rings (SSSR count). The van der Waals surface area contributed by atoms with Gasteiger partial charge < -0.3 is 9.72 Å². The van der Waals surface area contributed by atoms with Crippen molar-refractivity contribution >= 4 is 17.1 Å². The van der Waals surface area contributed by atoms with Crippen molar-refractivity contribution in [3.05, 3.63) is 74.9 Å². The van der Waals surface area contributed by atoms with Gasteiger partial charge in [0.05, 0.1) is 23.2 Å². The Hall–Kier alpha value is -3.15. The lowest BCUT2D eigenvalue weighted by Gasteiger charge is -2.14. The normalized spacial score (nSPS) is 12.6. The van der Waals surface area contributed by atoms with E-state index in [1.54, 1.807) is 24.3 Å². The van der Waals surface area contributed by atoms with Gasteiger partial charge in [-0.3, -0.25) is 4.79 Å². The number of H-pyrrole nitrogens is 1. The van der Waals surface area contributed by atoms with E-state index in [2.05, 4.69) is 10.1 Å². The van der Waals surface area contributed by atoms with Crippen LogP contribution in [0.2, 0.25) is 0 Å². The highest BCUT2D eigenvalue weighted by molar-refractivity contribution is 5.83. The van der Waals surface area contributed by atoms with Crippen molar-refractivity contribution in [1.82, 2.24) is 9.66 Å². The van der Waals surface area contributed by atoms with Crippen LogP contribution in [0.3, 0.4) is 0 Å². The fourth-order valence-corrected chi connectivity index (χ4v) is 2.37. The molecule has 1 atom stereocenters. The molecule has 1 N–H and O–H groups in total. The summed E-state index contributed by atoms with van der Waals surface area (Å²) in [6, 6.07) is 14.2. The van der Waals surface area contributed by atoms with Gasteiger partial charge in [-0.15, -0.1) is 4.68 Å².